The number of amides is 2. The van der Waals surface area contributed by atoms with Crippen LogP contribution in [0.25, 0.3) is 0 Å². The molecule has 2 aliphatic heterocycles. The Hall–Kier alpha value is -0.741. The van der Waals surface area contributed by atoms with Gasteiger partial charge in [0, 0.05) is 0 Å². The van der Waals surface area contributed by atoms with E-state index in [-0.39, 0.29) is 18.4 Å². The number of likely N-dealkylation sites (N-methyl/N-ethyl adjacent to an activating group) is 2. The second-order valence-electron chi connectivity index (χ2n) is 3.29. The van der Waals surface area contributed by atoms with Crippen molar-refractivity contribution in [2.45, 2.75) is 26.2 Å². The van der Waals surface area contributed by atoms with Gasteiger partial charge in [0.15, 0.2) is 0 Å². The van der Waals surface area contributed by atoms with Crippen molar-refractivity contribution in [3.05, 3.63) is 0 Å². The summed E-state index contributed by atoms with van der Waals surface area (Å²) in [6.45, 7) is 5.37. The predicted octanol–water partition coefficient (Wildman–Crippen LogP) is -0.456. The molecular formula is C8H13N4OSe. The minimum atomic E-state index is -0.0521. The van der Waals surface area contributed by atoms with Gasteiger partial charge in [-0.3, -0.25) is 0 Å². The van der Waals surface area contributed by atoms with E-state index in [0.717, 1.165) is 4.73 Å². The number of amidine groups is 1. The van der Waals surface area contributed by atoms with Gasteiger partial charge >= 0.3 is 90.9 Å². The van der Waals surface area contributed by atoms with Gasteiger partial charge in [0.2, 0.25) is 0 Å². The van der Waals surface area contributed by atoms with Crippen molar-refractivity contribution in [1.29, 1.82) is 0 Å². The Morgan fingerprint density at radius 3 is 2.64 bits per heavy atom. The van der Waals surface area contributed by atoms with E-state index in [2.05, 4.69) is 26.3 Å². The molecule has 77 valence electrons. The molecule has 0 unspecified atom stereocenters. The molecule has 0 aromatic rings. The van der Waals surface area contributed by atoms with E-state index in [1.807, 2.05) is 18.7 Å². The van der Waals surface area contributed by atoms with Gasteiger partial charge in [0.1, 0.15) is 0 Å². The number of rotatable bonds is 2. The zero-order valence-corrected chi connectivity index (χ0v) is 9.94. The summed E-state index contributed by atoms with van der Waals surface area (Å²) >= 11 is 2.85. The average molecular weight is 260 g/mol. The Balaban J connectivity index is 2.26. The molecule has 5 nitrogen and oxygen atoms in total. The third-order valence-electron chi connectivity index (χ3n) is 2.63. The van der Waals surface area contributed by atoms with Gasteiger partial charge in [-0.1, -0.05) is 0 Å². The number of hydrogen-bond donors (Lipinski definition) is 1. The Morgan fingerprint density at radius 2 is 2.07 bits per heavy atom. The molecule has 0 bridgehead atoms. The van der Waals surface area contributed by atoms with E-state index in [9.17, 15) is 4.79 Å². The summed E-state index contributed by atoms with van der Waals surface area (Å²) in [7, 11) is 0. The molecule has 2 heterocycles. The van der Waals surface area contributed by atoms with Gasteiger partial charge in [-0.05, 0) is 0 Å². The number of nitrogens with one attached hydrogen (secondary N) is 1. The van der Waals surface area contributed by atoms with Crippen molar-refractivity contribution < 1.29 is 4.79 Å². The molecule has 14 heavy (non-hydrogen) atoms. The van der Waals surface area contributed by atoms with Crippen LogP contribution >= 0.6 is 0 Å². The number of nitrogens with zero attached hydrogens (tertiary/aromatic N) is 3. The van der Waals surface area contributed by atoms with Crippen molar-refractivity contribution >= 4 is 26.8 Å². The van der Waals surface area contributed by atoms with Crippen LogP contribution in [0, 0.1) is 0 Å². The normalized spacial score (nSPS) is 30.4. The van der Waals surface area contributed by atoms with Gasteiger partial charge in [0.25, 0.3) is 0 Å². The SMILES string of the molecule is CCN1C(=O)N(CC)[C@H]2N=C([Se])N[C@H]21. The molecule has 1 radical (unpaired) electrons. The Morgan fingerprint density at radius 1 is 1.43 bits per heavy atom. The Labute approximate surface area is 91.3 Å². The second kappa shape index (κ2) is 3.44. The molecule has 2 atom stereocenters. The van der Waals surface area contributed by atoms with Gasteiger partial charge in [0.05, 0.1) is 0 Å². The van der Waals surface area contributed by atoms with E-state index in [1.54, 1.807) is 4.90 Å². The monoisotopic (exact) mass is 261 g/mol. The van der Waals surface area contributed by atoms with E-state index in [1.165, 1.54) is 0 Å². The quantitative estimate of drug-likeness (QED) is 0.683. The molecule has 6 heteroatoms. The fourth-order valence-electron chi connectivity index (χ4n) is 1.96. The molecule has 1 fully saturated rings. The second-order valence-corrected chi connectivity index (χ2v) is 4.10. The van der Waals surface area contributed by atoms with Gasteiger partial charge in [-0.25, -0.2) is 0 Å². The zero-order valence-electron chi connectivity index (χ0n) is 8.23. The molecule has 0 aromatic carbocycles. The van der Waals surface area contributed by atoms with Crippen LogP contribution in [-0.4, -0.2) is 62.0 Å². The molecule has 0 aliphatic carbocycles. The standard InChI is InChI=1S/C8H13N4OSe/c1-3-11-5-6(10-7(14)9-5)12(4-2)8(11)13/h5-6H,3-4H2,1-2H3,(H,9,10)/t5-,6+. The number of carbonyl (C=O) groups is 1. The van der Waals surface area contributed by atoms with E-state index in [0.29, 0.717) is 13.1 Å². The molecule has 0 saturated carbocycles. The van der Waals surface area contributed by atoms with Crippen LogP contribution in [0.1, 0.15) is 13.8 Å². The molecule has 0 spiro atoms. The first-order valence-electron chi connectivity index (χ1n) is 4.77. The number of hydrogen-bond acceptors (Lipinski definition) is 3. The van der Waals surface area contributed by atoms with Crippen molar-refractivity contribution in [2.24, 2.45) is 4.99 Å². The van der Waals surface area contributed by atoms with E-state index < -0.39 is 0 Å². The van der Waals surface area contributed by atoms with Crippen molar-refractivity contribution in [1.82, 2.24) is 15.1 Å². The van der Waals surface area contributed by atoms with Crippen molar-refractivity contribution in [2.75, 3.05) is 13.1 Å². The number of aliphatic imine (C=N–C) groups is 1. The topological polar surface area (TPSA) is 47.9 Å². The summed E-state index contributed by atoms with van der Waals surface area (Å²) in [5.74, 6) is 0. The first kappa shape index (κ1) is 9.80. The van der Waals surface area contributed by atoms with Gasteiger partial charge < -0.3 is 0 Å². The van der Waals surface area contributed by atoms with Crippen LogP contribution in [0.4, 0.5) is 4.79 Å². The van der Waals surface area contributed by atoms with Crippen molar-refractivity contribution in [3.8, 4) is 0 Å². The maximum absolute atomic E-state index is 11.8. The van der Waals surface area contributed by atoms with Crippen LogP contribution in [0.5, 0.6) is 0 Å². The Bertz CT molecular complexity index is 293. The summed E-state index contributed by atoms with van der Waals surface area (Å²) < 4.78 is 0.796. The third kappa shape index (κ3) is 1.21. The fraction of sp³-hybridized carbons (Fsp3) is 0.750. The molecule has 2 rings (SSSR count). The van der Waals surface area contributed by atoms with Crippen molar-refractivity contribution in [3.63, 3.8) is 0 Å². The van der Waals surface area contributed by atoms with Crippen LogP contribution in [-0.2, 0) is 0 Å². The summed E-state index contributed by atoms with van der Waals surface area (Å²) in [5, 5.41) is 3.17. The molecule has 2 aliphatic rings. The Kier molecular flexibility index (Phi) is 2.41. The first-order chi connectivity index (χ1) is 6.69. The van der Waals surface area contributed by atoms with Crippen LogP contribution < -0.4 is 5.32 Å². The van der Waals surface area contributed by atoms with Crippen LogP contribution in [0.2, 0.25) is 0 Å². The summed E-state index contributed by atoms with van der Waals surface area (Å²) in [4.78, 5) is 19.8. The number of fused-ring (bicyclic) bond motifs is 1. The van der Waals surface area contributed by atoms with Crippen LogP contribution in [0.3, 0.4) is 0 Å². The predicted molar refractivity (Wildman–Crippen MR) is 54.1 cm³/mol. The number of urea groups is 1. The third-order valence-corrected chi connectivity index (χ3v) is 3.10. The van der Waals surface area contributed by atoms with Crippen LogP contribution in [0.15, 0.2) is 4.99 Å². The average Bonchev–Trinajstić information content (AvgIpc) is 2.59. The molecule has 1 saturated heterocycles. The molecule has 0 aromatic heterocycles. The summed E-state index contributed by atoms with van der Waals surface area (Å²) in [6, 6.07) is 0.0775. The zero-order chi connectivity index (χ0) is 10.3. The first-order valence-corrected chi connectivity index (χ1v) is 5.63. The van der Waals surface area contributed by atoms with E-state index >= 15 is 0 Å². The molecule has 1 N–H and O–H groups in total. The maximum atomic E-state index is 11.8. The molecular weight excluding hydrogens is 247 g/mol. The number of carbonyl (C=O) groups excluding carboxylic acids is 1. The minimum absolute atomic E-state index is 0.0173. The summed E-state index contributed by atoms with van der Waals surface area (Å²) in [6.07, 6.45) is -0.0348. The van der Waals surface area contributed by atoms with Gasteiger partial charge in [-0.2, -0.15) is 0 Å². The van der Waals surface area contributed by atoms with Gasteiger partial charge in [-0.15, -0.1) is 0 Å². The summed E-state index contributed by atoms with van der Waals surface area (Å²) in [5.41, 5.74) is 0. The fourth-order valence-corrected chi connectivity index (χ4v) is 2.44. The van der Waals surface area contributed by atoms with E-state index in [4.69, 9.17) is 0 Å². The molecule has 2 amide bonds.